The summed E-state index contributed by atoms with van der Waals surface area (Å²) in [4.78, 5) is 23.0. The van der Waals surface area contributed by atoms with E-state index in [0.29, 0.717) is 18.7 Å². The second kappa shape index (κ2) is 5.29. The molecular formula is C12H18N4O3. The molecule has 1 heterocycles. The van der Waals surface area contributed by atoms with E-state index in [1.54, 1.807) is 24.0 Å². The molecule has 0 atom stereocenters. The predicted molar refractivity (Wildman–Crippen MR) is 68.8 cm³/mol. The lowest BCUT2D eigenvalue weighted by Crippen LogP contribution is -2.42. The first-order valence-corrected chi connectivity index (χ1v) is 6.30. The van der Waals surface area contributed by atoms with E-state index in [9.17, 15) is 14.7 Å². The van der Waals surface area contributed by atoms with Crippen molar-refractivity contribution < 1.29 is 14.7 Å². The first kappa shape index (κ1) is 13.4. The SMILES string of the molecule is Cn1ccc(NC(=O)NCC2(C(=O)O)CCCC2)n1. The number of amides is 2. The van der Waals surface area contributed by atoms with Crippen LogP contribution in [0.5, 0.6) is 0 Å². The number of carbonyl (C=O) groups is 2. The van der Waals surface area contributed by atoms with Crippen molar-refractivity contribution in [2.45, 2.75) is 25.7 Å². The highest BCUT2D eigenvalue weighted by Crippen LogP contribution is 2.37. The quantitative estimate of drug-likeness (QED) is 0.762. The summed E-state index contributed by atoms with van der Waals surface area (Å²) in [5.74, 6) is -0.390. The number of aryl methyl sites for hydroxylation is 1. The molecule has 0 spiro atoms. The fourth-order valence-corrected chi connectivity index (χ4v) is 2.41. The van der Waals surface area contributed by atoms with Gasteiger partial charge in [0.15, 0.2) is 5.82 Å². The van der Waals surface area contributed by atoms with Gasteiger partial charge in [-0.05, 0) is 12.8 Å². The zero-order chi connectivity index (χ0) is 13.9. The second-order valence-electron chi connectivity index (χ2n) is 4.97. The lowest BCUT2D eigenvalue weighted by atomic mass is 9.86. The van der Waals surface area contributed by atoms with Crippen LogP contribution >= 0.6 is 0 Å². The van der Waals surface area contributed by atoms with Crippen LogP contribution in [0.2, 0.25) is 0 Å². The molecule has 7 heteroatoms. The summed E-state index contributed by atoms with van der Waals surface area (Å²) < 4.78 is 1.57. The lowest BCUT2D eigenvalue weighted by molar-refractivity contribution is -0.148. The molecule has 0 radical (unpaired) electrons. The van der Waals surface area contributed by atoms with Gasteiger partial charge >= 0.3 is 12.0 Å². The van der Waals surface area contributed by atoms with E-state index >= 15 is 0 Å². The van der Waals surface area contributed by atoms with Gasteiger partial charge in [-0.25, -0.2) is 4.79 Å². The molecule has 1 aromatic heterocycles. The summed E-state index contributed by atoms with van der Waals surface area (Å²) in [5.41, 5.74) is -0.804. The molecule has 1 saturated carbocycles. The number of carbonyl (C=O) groups excluding carboxylic acids is 1. The molecule has 0 saturated heterocycles. The van der Waals surface area contributed by atoms with Crippen LogP contribution < -0.4 is 10.6 Å². The average Bonchev–Trinajstić information content (AvgIpc) is 2.97. The second-order valence-corrected chi connectivity index (χ2v) is 4.97. The number of carboxylic acid groups (broad SMARTS) is 1. The Labute approximate surface area is 111 Å². The van der Waals surface area contributed by atoms with Crippen molar-refractivity contribution in [3.63, 3.8) is 0 Å². The third kappa shape index (κ3) is 3.04. The minimum Gasteiger partial charge on any atom is -0.481 e. The van der Waals surface area contributed by atoms with Gasteiger partial charge in [-0.1, -0.05) is 12.8 Å². The minimum absolute atomic E-state index is 0.154. The van der Waals surface area contributed by atoms with Crippen LogP contribution in [0.1, 0.15) is 25.7 Å². The molecule has 0 bridgehead atoms. The number of urea groups is 1. The number of rotatable bonds is 4. The van der Waals surface area contributed by atoms with Crippen molar-refractivity contribution in [1.82, 2.24) is 15.1 Å². The first-order chi connectivity index (χ1) is 9.02. The molecular weight excluding hydrogens is 248 g/mol. The Kier molecular flexibility index (Phi) is 3.73. The topological polar surface area (TPSA) is 96.2 Å². The molecule has 0 aromatic carbocycles. The maximum atomic E-state index is 11.7. The number of aliphatic carboxylic acids is 1. The van der Waals surface area contributed by atoms with E-state index in [1.165, 1.54) is 0 Å². The molecule has 19 heavy (non-hydrogen) atoms. The normalized spacial score (nSPS) is 17.1. The predicted octanol–water partition coefficient (Wildman–Crippen LogP) is 1.19. The Morgan fingerprint density at radius 3 is 2.68 bits per heavy atom. The first-order valence-electron chi connectivity index (χ1n) is 6.30. The number of hydrogen-bond donors (Lipinski definition) is 3. The van der Waals surface area contributed by atoms with Crippen LogP contribution in [-0.2, 0) is 11.8 Å². The maximum Gasteiger partial charge on any atom is 0.320 e. The summed E-state index contributed by atoms with van der Waals surface area (Å²) in [6.07, 6.45) is 4.75. The number of carboxylic acids is 1. The summed E-state index contributed by atoms with van der Waals surface area (Å²) in [6, 6.07) is 1.24. The summed E-state index contributed by atoms with van der Waals surface area (Å²) in [6.45, 7) is 0.154. The zero-order valence-electron chi connectivity index (χ0n) is 10.8. The van der Waals surface area contributed by atoms with Gasteiger partial charge in [-0.2, -0.15) is 5.10 Å². The highest BCUT2D eigenvalue weighted by molar-refractivity contribution is 5.88. The minimum atomic E-state index is -0.830. The van der Waals surface area contributed by atoms with Crippen molar-refractivity contribution >= 4 is 17.8 Å². The van der Waals surface area contributed by atoms with Gasteiger partial charge in [0.2, 0.25) is 0 Å². The number of aromatic nitrogens is 2. The van der Waals surface area contributed by atoms with Crippen LogP contribution in [0, 0.1) is 5.41 Å². The fourth-order valence-electron chi connectivity index (χ4n) is 2.41. The smallest absolute Gasteiger partial charge is 0.320 e. The van der Waals surface area contributed by atoms with Crippen molar-refractivity contribution in [1.29, 1.82) is 0 Å². The molecule has 1 aromatic rings. The average molecular weight is 266 g/mol. The molecule has 1 aliphatic carbocycles. The van der Waals surface area contributed by atoms with Gasteiger partial charge in [-0.15, -0.1) is 0 Å². The summed E-state index contributed by atoms with van der Waals surface area (Å²) in [7, 11) is 1.75. The largest absolute Gasteiger partial charge is 0.481 e. The lowest BCUT2D eigenvalue weighted by Gasteiger charge is -2.23. The molecule has 7 nitrogen and oxygen atoms in total. The van der Waals surface area contributed by atoms with Crippen LogP contribution in [0.25, 0.3) is 0 Å². The van der Waals surface area contributed by atoms with Gasteiger partial charge in [0.05, 0.1) is 5.41 Å². The molecule has 1 aliphatic rings. The molecule has 0 unspecified atom stereocenters. The van der Waals surface area contributed by atoms with Crippen LogP contribution in [0.4, 0.5) is 10.6 Å². The van der Waals surface area contributed by atoms with E-state index in [-0.39, 0.29) is 6.54 Å². The van der Waals surface area contributed by atoms with Crippen LogP contribution in [-0.4, -0.2) is 33.4 Å². The van der Waals surface area contributed by atoms with Gasteiger partial charge < -0.3 is 10.4 Å². The highest BCUT2D eigenvalue weighted by atomic mass is 16.4. The zero-order valence-corrected chi connectivity index (χ0v) is 10.8. The van der Waals surface area contributed by atoms with Crippen molar-refractivity contribution in [3.8, 4) is 0 Å². The van der Waals surface area contributed by atoms with Crippen molar-refractivity contribution in [2.24, 2.45) is 12.5 Å². The number of nitrogens with zero attached hydrogens (tertiary/aromatic N) is 2. The van der Waals surface area contributed by atoms with Crippen molar-refractivity contribution in [3.05, 3.63) is 12.3 Å². The van der Waals surface area contributed by atoms with Crippen LogP contribution in [0.3, 0.4) is 0 Å². The van der Waals surface area contributed by atoms with E-state index in [1.807, 2.05) is 0 Å². The number of hydrogen-bond acceptors (Lipinski definition) is 3. The van der Waals surface area contributed by atoms with Crippen LogP contribution in [0.15, 0.2) is 12.3 Å². The monoisotopic (exact) mass is 266 g/mol. The Morgan fingerprint density at radius 1 is 1.47 bits per heavy atom. The van der Waals surface area contributed by atoms with E-state index in [0.717, 1.165) is 12.8 Å². The van der Waals surface area contributed by atoms with E-state index < -0.39 is 17.4 Å². The molecule has 2 rings (SSSR count). The maximum absolute atomic E-state index is 11.7. The fraction of sp³-hybridized carbons (Fsp3) is 0.583. The Morgan fingerprint density at radius 2 is 2.16 bits per heavy atom. The van der Waals surface area contributed by atoms with E-state index in [2.05, 4.69) is 15.7 Å². The molecule has 0 aliphatic heterocycles. The highest BCUT2D eigenvalue weighted by Gasteiger charge is 2.41. The number of nitrogens with one attached hydrogen (secondary N) is 2. The number of anilines is 1. The van der Waals surface area contributed by atoms with Gasteiger partial charge in [-0.3, -0.25) is 14.8 Å². The molecule has 104 valence electrons. The third-order valence-corrected chi connectivity index (χ3v) is 3.56. The van der Waals surface area contributed by atoms with Gasteiger partial charge in [0, 0.05) is 25.9 Å². The molecule has 1 fully saturated rings. The Balaban J connectivity index is 1.87. The standard InChI is InChI=1S/C12H18N4O3/c1-16-7-4-9(15-16)14-11(19)13-8-12(10(17)18)5-2-3-6-12/h4,7H,2-3,5-6,8H2,1H3,(H,17,18)(H2,13,14,15,19). The van der Waals surface area contributed by atoms with Gasteiger partial charge in [0.1, 0.15) is 0 Å². The van der Waals surface area contributed by atoms with Gasteiger partial charge in [0.25, 0.3) is 0 Å². The summed E-state index contributed by atoms with van der Waals surface area (Å²) in [5, 5.41) is 18.5. The molecule has 2 amide bonds. The Bertz CT molecular complexity index is 477. The third-order valence-electron chi connectivity index (χ3n) is 3.56. The Hall–Kier alpha value is -2.05. The van der Waals surface area contributed by atoms with Crippen molar-refractivity contribution in [2.75, 3.05) is 11.9 Å². The molecule has 3 N–H and O–H groups in total. The summed E-state index contributed by atoms with van der Waals surface area (Å²) >= 11 is 0. The van der Waals surface area contributed by atoms with E-state index in [4.69, 9.17) is 0 Å².